The Morgan fingerprint density at radius 2 is 1.92 bits per heavy atom. The first-order valence-electron chi connectivity index (χ1n) is 10.9. The SMILES string of the molecule is Cc1nc(-c2ccc(-c3ccc(C(=O)Nc4ncc(C#N)c(OCCN(C)C)n4)cc3)c(F)c2)no1. The summed E-state index contributed by atoms with van der Waals surface area (Å²) in [6.07, 6.45) is 1.29. The van der Waals surface area contributed by atoms with Crippen LogP contribution in [0.2, 0.25) is 0 Å². The number of likely N-dealkylation sites (N-methyl/N-ethyl adjacent to an activating group) is 1. The summed E-state index contributed by atoms with van der Waals surface area (Å²) in [5.74, 6) is -0.131. The average Bonchev–Trinajstić information content (AvgIpc) is 3.30. The molecule has 11 heteroatoms. The molecule has 1 amide bonds. The Labute approximate surface area is 206 Å². The van der Waals surface area contributed by atoms with Gasteiger partial charge in [0.05, 0.1) is 6.20 Å². The van der Waals surface area contributed by atoms with Gasteiger partial charge in [-0.3, -0.25) is 10.1 Å². The van der Waals surface area contributed by atoms with Gasteiger partial charge < -0.3 is 14.2 Å². The van der Waals surface area contributed by atoms with Crippen LogP contribution in [0.25, 0.3) is 22.5 Å². The fraction of sp³-hybridized carbons (Fsp3) is 0.200. The van der Waals surface area contributed by atoms with E-state index in [1.54, 1.807) is 43.3 Å². The summed E-state index contributed by atoms with van der Waals surface area (Å²) in [4.78, 5) is 26.9. The molecule has 0 aliphatic heterocycles. The lowest BCUT2D eigenvalue weighted by molar-refractivity contribution is 0.102. The maximum Gasteiger partial charge on any atom is 0.258 e. The highest BCUT2D eigenvalue weighted by atomic mass is 19.1. The van der Waals surface area contributed by atoms with Crippen LogP contribution in [-0.4, -0.2) is 58.2 Å². The fourth-order valence-electron chi connectivity index (χ4n) is 3.22. The van der Waals surface area contributed by atoms with Gasteiger partial charge in [-0.15, -0.1) is 0 Å². The van der Waals surface area contributed by atoms with E-state index in [1.807, 2.05) is 25.1 Å². The van der Waals surface area contributed by atoms with Crippen molar-refractivity contribution in [1.29, 1.82) is 5.26 Å². The first-order valence-corrected chi connectivity index (χ1v) is 10.9. The van der Waals surface area contributed by atoms with Crippen molar-refractivity contribution >= 4 is 11.9 Å². The molecule has 0 unspecified atom stereocenters. The second-order valence-corrected chi connectivity index (χ2v) is 8.04. The van der Waals surface area contributed by atoms with Crippen LogP contribution in [0.4, 0.5) is 10.3 Å². The van der Waals surface area contributed by atoms with Crippen molar-refractivity contribution in [2.24, 2.45) is 0 Å². The molecule has 2 heterocycles. The van der Waals surface area contributed by atoms with E-state index < -0.39 is 11.7 Å². The summed E-state index contributed by atoms with van der Waals surface area (Å²) < 4.78 is 25.3. The average molecular weight is 487 g/mol. The predicted molar refractivity (Wildman–Crippen MR) is 129 cm³/mol. The molecule has 0 aliphatic rings. The van der Waals surface area contributed by atoms with Crippen molar-refractivity contribution in [2.45, 2.75) is 6.92 Å². The molecule has 182 valence electrons. The molecule has 0 bridgehead atoms. The van der Waals surface area contributed by atoms with Gasteiger partial charge in [0.2, 0.25) is 23.5 Å². The highest BCUT2D eigenvalue weighted by Gasteiger charge is 2.14. The first-order chi connectivity index (χ1) is 17.3. The van der Waals surface area contributed by atoms with Gasteiger partial charge in [-0.05, 0) is 37.9 Å². The predicted octanol–water partition coefficient (Wildman–Crippen LogP) is 3.71. The number of carbonyl (C=O) groups is 1. The van der Waals surface area contributed by atoms with Gasteiger partial charge in [0.1, 0.15) is 24.1 Å². The van der Waals surface area contributed by atoms with Gasteiger partial charge in [-0.1, -0.05) is 29.4 Å². The zero-order valence-electron chi connectivity index (χ0n) is 19.8. The molecule has 4 aromatic rings. The van der Waals surface area contributed by atoms with E-state index in [1.165, 1.54) is 12.3 Å². The van der Waals surface area contributed by atoms with E-state index in [0.717, 1.165) is 0 Å². The van der Waals surface area contributed by atoms with Crippen LogP contribution in [0.15, 0.2) is 53.2 Å². The lowest BCUT2D eigenvalue weighted by Crippen LogP contribution is -2.20. The van der Waals surface area contributed by atoms with E-state index in [0.29, 0.717) is 47.1 Å². The Bertz CT molecular complexity index is 1430. The number of ether oxygens (including phenoxy) is 1. The van der Waals surface area contributed by atoms with Crippen LogP contribution in [0.3, 0.4) is 0 Å². The summed E-state index contributed by atoms with van der Waals surface area (Å²) in [5.41, 5.74) is 1.93. The highest BCUT2D eigenvalue weighted by Crippen LogP contribution is 2.27. The molecular formula is C25H22FN7O3. The van der Waals surface area contributed by atoms with Crippen molar-refractivity contribution < 1.29 is 18.4 Å². The third-order valence-electron chi connectivity index (χ3n) is 5.09. The minimum absolute atomic E-state index is 0.00117. The van der Waals surface area contributed by atoms with Crippen molar-refractivity contribution in [2.75, 3.05) is 32.6 Å². The van der Waals surface area contributed by atoms with Gasteiger partial charge in [0.25, 0.3) is 5.91 Å². The van der Waals surface area contributed by atoms with Gasteiger partial charge in [-0.2, -0.15) is 15.2 Å². The maximum absolute atomic E-state index is 14.8. The van der Waals surface area contributed by atoms with Crippen LogP contribution in [-0.2, 0) is 0 Å². The fourth-order valence-corrected chi connectivity index (χ4v) is 3.22. The van der Waals surface area contributed by atoms with Gasteiger partial charge in [0, 0.05) is 30.2 Å². The Morgan fingerprint density at radius 1 is 1.17 bits per heavy atom. The number of rotatable bonds is 8. The molecule has 1 N–H and O–H groups in total. The number of anilines is 1. The largest absolute Gasteiger partial charge is 0.475 e. The number of hydrogen-bond acceptors (Lipinski definition) is 9. The number of benzene rings is 2. The van der Waals surface area contributed by atoms with Crippen LogP contribution in [0.1, 0.15) is 21.8 Å². The molecule has 2 aromatic heterocycles. The maximum atomic E-state index is 14.8. The second-order valence-electron chi connectivity index (χ2n) is 8.04. The minimum Gasteiger partial charge on any atom is -0.475 e. The Morgan fingerprint density at radius 3 is 2.56 bits per heavy atom. The molecule has 0 aliphatic carbocycles. The highest BCUT2D eigenvalue weighted by molar-refractivity contribution is 6.03. The lowest BCUT2D eigenvalue weighted by Gasteiger charge is -2.12. The summed E-state index contributed by atoms with van der Waals surface area (Å²) in [5, 5.41) is 15.6. The number of carbonyl (C=O) groups excluding carboxylic acids is 1. The monoisotopic (exact) mass is 487 g/mol. The molecule has 10 nitrogen and oxygen atoms in total. The van der Waals surface area contributed by atoms with Crippen molar-refractivity contribution in [1.82, 2.24) is 25.0 Å². The zero-order chi connectivity index (χ0) is 25.7. The molecule has 0 fully saturated rings. The van der Waals surface area contributed by atoms with Gasteiger partial charge in [-0.25, -0.2) is 9.37 Å². The lowest BCUT2D eigenvalue weighted by atomic mass is 10.0. The molecule has 0 radical (unpaired) electrons. The first kappa shape index (κ1) is 24.4. The molecule has 4 rings (SSSR count). The third kappa shape index (κ3) is 5.68. The zero-order valence-corrected chi connectivity index (χ0v) is 19.8. The van der Waals surface area contributed by atoms with Crippen molar-refractivity contribution in [3.63, 3.8) is 0 Å². The number of hydrogen-bond donors (Lipinski definition) is 1. The number of aromatic nitrogens is 4. The van der Waals surface area contributed by atoms with E-state index in [9.17, 15) is 14.4 Å². The Kier molecular flexibility index (Phi) is 7.27. The van der Waals surface area contributed by atoms with Gasteiger partial charge >= 0.3 is 0 Å². The molecular weight excluding hydrogens is 465 g/mol. The number of nitrogens with zero attached hydrogens (tertiary/aromatic N) is 6. The third-order valence-corrected chi connectivity index (χ3v) is 5.09. The molecule has 2 aromatic carbocycles. The van der Waals surface area contributed by atoms with E-state index in [2.05, 4.69) is 25.4 Å². The number of halogens is 1. The van der Waals surface area contributed by atoms with Gasteiger partial charge in [0.15, 0.2) is 0 Å². The topological polar surface area (TPSA) is 130 Å². The van der Waals surface area contributed by atoms with Crippen LogP contribution >= 0.6 is 0 Å². The molecule has 36 heavy (non-hydrogen) atoms. The quantitative estimate of drug-likeness (QED) is 0.395. The van der Waals surface area contributed by atoms with E-state index in [4.69, 9.17) is 9.26 Å². The summed E-state index contributed by atoms with van der Waals surface area (Å²) in [6.45, 7) is 2.61. The number of amides is 1. The van der Waals surface area contributed by atoms with Crippen LogP contribution < -0.4 is 10.1 Å². The normalized spacial score (nSPS) is 10.8. The number of nitrogens with one attached hydrogen (secondary N) is 1. The summed E-state index contributed by atoms with van der Waals surface area (Å²) >= 11 is 0. The van der Waals surface area contributed by atoms with Crippen LogP contribution in [0.5, 0.6) is 5.88 Å². The van der Waals surface area contributed by atoms with Crippen molar-refractivity contribution in [3.8, 4) is 34.5 Å². The Hall–Kier alpha value is -4.69. The van der Waals surface area contributed by atoms with E-state index >= 15 is 0 Å². The summed E-state index contributed by atoms with van der Waals surface area (Å²) in [7, 11) is 3.79. The standard InChI is InChI=1S/C25H22FN7O3/c1-15-29-22(32-36-15)18-8-9-20(21(26)12-18)16-4-6-17(7-5-16)23(34)30-25-28-14-19(13-27)24(31-25)35-11-10-33(2)3/h4-9,12,14H,10-11H2,1-3H3,(H,28,30,31,34). The Balaban J connectivity index is 1.46. The minimum atomic E-state index is -0.464. The number of nitriles is 1. The second kappa shape index (κ2) is 10.7. The molecule has 0 saturated carbocycles. The van der Waals surface area contributed by atoms with E-state index in [-0.39, 0.29) is 17.4 Å². The van der Waals surface area contributed by atoms with Crippen LogP contribution in [0, 0.1) is 24.1 Å². The molecule has 0 atom stereocenters. The van der Waals surface area contributed by atoms with Crippen molar-refractivity contribution in [3.05, 3.63) is 71.5 Å². The molecule has 0 saturated heterocycles. The molecule has 0 spiro atoms. The summed E-state index contributed by atoms with van der Waals surface area (Å²) in [6, 6.07) is 13.0. The number of aryl methyl sites for hydroxylation is 1. The smallest absolute Gasteiger partial charge is 0.258 e.